The van der Waals surface area contributed by atoms with Gasteiger partial charge in [0.25, 0.3) is 0 Å². The van der Waals surface area contributed by atoms with Crippen LogP contribution in [-0.2, 0) is 11.3 Å². The topological polar surface area (TPSA) is 46.9 Å². The van der Waals surface area contributed by atoms with Crippen LogP contribution in [0.15, 0.2) is 36.7 Å². The van der Waals surface area contributed by atoms with Gasteiger partial charge in [0.15, 0.2) is 0 Å². The molecule has 0 bridgehead atoms. The summed E-state index contributed by atoms with van der Waals surface area (Å²) in [7, 11) is 0. The van der Waals surface area contributed by atoms with E-state index in [1.807, 2.05) is 44.4 Å². The molecule has 0 aliphatic rings. The van der Waals surface area contributed by atoms with Gasteiger partial charge in [-0.15, -0.1) is 0 Å². The standard InChI is InChI=1S/C18H25N3O/c1-5-14(4)18(22)20-16-8-6-7-15(11-16)12-21-10-9-19-17(21)13(2)3/h6-11,13-14H,5,12H2,1-4H3,(H,20,22). The third-order valence-corrected chi connectivity index (χ3v) is 3.87. The molecule has 118 valence electrons. The van der Waals surface area contributed by atoms with Crippen molar-refractivity contribution in [3.8, 4) is 0 Å². The molecule has 0 saturated heterocycles. The highest BCUT2D eigenvalue weighted by molar-refractivity contribution is 5.92. The first kappa shape index (κ1) is 16.3. The van der Waals surface area contributed by atoms with Gasteiger partial charge < -0.3 is 9.88 Å². The molecule has 22 heavy (non-hydrogen) atoms. The first-order valence-corrected chi connectivity index (χ1v) is 7.92. The van der Waals surface area contributed by atoms with Crippen LogP contribution in [-0.4, -0.2) is 15.5 Å². The van der Waals surface area contributed by atoms with Crippen LogP contribution < -0.4 is 5.32 Å². The largest absolute Gasteiger partial charge is 0.330 e. The van der Waals surface area contributed by atoms with Gasteiger partial charge in [0.2, 0.25) is 5.91 Å². The van der Waals surface area contributed by atoms with E-state index in [0.29, 0.717) is 5.92 Å². The molecule has 1 aromatic carbocycles. The predicted octanol–water partition coefficient (Wildman–Crippen LogP) is 4.04. The first-order chi connectivity index (χ1) is 10.5. The summed E-state index contributed by atoms with van der Waals surface area (Å²) in [4.78, 5) is 16.4. The van der Waals surface area contributed by atoms with E-state index in [1.165, 1.54) is 0 Å². The number of carbonyl (C=O) groups excluding carboxylic acids is 1. The van der Waals surface area contributed by atoms with Crippen molar-refractivity contribution in [1.82, 2.24) is 9.55 Å². The minimum atomic E-state index is 0.0323. The van der Waals surface area contributed by atoms with E-state index in [-0.39, 0.29) is 11.8 Å². The highest BCUT2D eigenvalue weighted by Gasteiger charge is 2.11. The molecular weight excluding hydrogens is 274 g/mol. The highest BCUT2D eigenvalue weighted by atomic mass is 16.1. The van der Waals surface area contributed by atoms with Crippen LogP contribution in [0.4, 0.5) is 5.69 Å². The molecule has 0 aliphatic carbocycles. The molecule has 1 aromatic heterocycles. The summed E-state index contributed by atoms with van der Waals surface area (Å²) in [5.74, 6) is 1.58. The second kappa shape index (κ2) is 7.25. The number of hydrogen-bond acceptors (Lipinski definition) is 2. The number of imidazole rings is 1. The molecule has 0 radical (unpaired) electrons. The lowest BCUT2D eigenvalue weighted by atomic mass is 10.1. The number of nitrogens with zero attached hydrogens (tertiary/aromatic N) is 2. The van der Waals surface area contributed by atoms with Gasteiger partial charge in [-0.3, -0.25) is 4.79 Å². The van der Waals surface area contributed by atoms with Crippen LogP contribution in [0.25, 0.3) is 0 Å². The van der Waals surface area contributed by atoms with Gasteiger partial charge >= 0.3 is 0 Å². The van der Waals surface area contributed by atoms with E-state index in [4.69, 9.17) is 0 Å². The van der Waals surface area contributed by atoms with Crippen molar-refractivity contribution >= 4 is 11.6 Å². The molecule has 0 fully saturated rings. The minimum absolute atomic E-state index is 0.0323. The summed E-state index contributed by atoms with van der Waals surface area (Å²) >= 11 is 0. The second-order valence-corrected chi connectivity index (χ2v) is 6.07. The third kappa shape index (κ3) is 3.97. The SMILES string of the molecule is CCC(C)C(=O)Nc1cccc(Cn2ccnc2C(C)C)c1. The molecule has 1 amide bonds. The van der Waals surface area contributed by atoms with E-state index < -0.39 is 0 Å². The van der Waals surface area contributed by atoms with E-state index in [9.17, 15) is 4.79 Å². The van der Waals surface area contributed by atoms with Crippen molar-refractivity contribution in [3.05, 3.63) is 48.0 Å². The lowest BCUT2D eigenvalue weighted by Gasteiger charge is -2.13. The molecule has 4 nitrogen and oxygen atoms in total. The Kier molecular flexibility index (Phi) is 5.36. The summed E-state index contributed by atoms with van der Waals surface area (Å²) in [6.07, 6.45) is 4.68. The molecule has 0 aliphatic heterocycles. The van der Waals surface area contributed by atoms with Crippen molar-refractivity contribution in [2.45, 2.75) is 46.6 Å². The Morgan fingerprint density at radius 1 is 1.32 bits per heavy atom. The number of hydrogen-bond donors (Lipinski definition) is 1. The van der Waals surface area contributed by atoms with Crippen molar-refractivity contribution < 1.29 is 4.79 Å². The third-order valence-electron chi connectivity index (χ3n) is 3.87. The Bertz CT molecular complexity index is 631. The molecule has 4 heteroatoms. The Morgan fingerprint density at radius 3 is 2.77 bits per heavy atom. The van der Waals surface area contributed by atoms with Crippen molar-refractivity contribution in [2.24, 2.45) is 5.92 Å². The maximum absolute atomic E-state index is 12.0. The normalized spacial score (nSPS) is 12.4. The Labute approximate surface area is 132 Å². The monoisotopic (exact) mass is 299 g/mol. The molecule has 1 N–H and O–H groups in total. The molecule has 2 aromatic rings. The molecule has 0 spiro atoms. The zero-order valence-electron chi connectivity index (χ0n) is 13.8. The quantitative estimate of drug-likeness (QED) is 0.875. The van der Waals surface area contributed by atoms with Crippen LogP contribution in [0, 0.1) is 5.92 Å². The number of benzene rings is 1. The van der Waals surface area contributed by atoms with Crippen molar-refractivity contribution in [2.75, 3.05) is 5.32 Å². The van der Waals surface area contributed by atoms with Crippen LogP contribution in [0.2, 0.25) is 0 Å². The number of aromatic nitrogens is 2. The van der Waals surface area contributed by atoms with Crippen LogP contribution >= 0.6 is 0 Å². The van der Waals surface area contributed by atoms with Crippen LogP contribution in [0.5, 0.6) is 0 Å². The Balaban J connectivity index is 2.11. The average Bonchev–Trinajstić information content (AvgIpc) is 2.95. The van der Waals surface area contributed by atoms with E-state index in [1.54, 1.807) is 0 Å². The van der Waals surface area contributed by atoms with Crippen molar-refractivity contribution in [3.63, 3.8) is 0 Å². The Morgan fingerprint density at radius 2 is 2.09 bits per heavy atom. The second-order valence-electron chi connectivity index (χ2n) is 6.07. The fourth-order valence-electron chi connectivity index (χ4n) is 2.35. The minimum Gasteiger partial charge on any atom is -0.330 e. The predicted molar refractivity (Wildman–Crippen MR) is 89.9 cm³/mol. The molecule has 1 unspecified atom stereocenters. The smallest absolute Gasteiger partial charge is 0.227 e. The maximum Gasteiger partial charge on any atom is 0.227 e. The number of nitrogens with one attached hydrogen (secondary N) is 1. The van der Waals surface area contributed by atoms with Gasteiger partial charge in [-0.1, -0.05) is 39.8 Å². The number of anilines is 1. The van der Waals surface area contributed by atoms with E-state index >= 15 is 0 Å². The van der Waals surface area contributed by atoms with Gasteiger partial charge in [-0.05, 0) is 24.1 Å². The number of carbonyl (C=O) groups is 1. The molecule has 2 rings (SSSR count). The zero-order chi connectivity index (χ0) is 16.1. The van der Waals surface area contributed by atoms with Crippen LogP contribution in [0.1, 0.15) is 51.4 Å². The fourth-order valence-corrected chi connectivity index (χ4v) is 2.35. The summed E-state index contributed by atoms with van der Waals surface area (Å²) in [6.45, 7) is 9.01. The van der Waals surface area contributed by atoms with Gasteiger partial charge in [-0.2, -0.15) is 0 Å². The lowest BCUT2D eigenvalue weighted by Crippen LogP contribution is -2.19. The Hall–Kier alpha value is -2.10. The molecule has 1 atom stereocenters. The van der Waals surface area contributed by atoms with Gasteiger partial charge in [-0.25, -0.2) is 4.98 Å². The maximum atomic E-state index is 12.0. The van der Waals surface area contributed by atoms with E-state index in [2.05, 4.69) is 34.8 Å². The van der Waals surface area contributed by atoms with Gasteiger partial charge in [0, 0.05) is 36.5 Å². The summed E-state index contributed by atoms with van der Waals surface area (Å²) in [6, 6.07) is 8.02. The summed E-state index contributed by atoms with van der Waals surface area (Å²) in [5.41, 5.74) is 2.01. The first-order valence-electron chi connectivity index (χ1n) is 7.92. The highest BCUT2D eigenvalue weighted by Crippen LogP contribution is 2.17. The summed E-state index contributed by atoms with van der Waals surface area (Å²) < 4.78 is 2.15. The van der Waals surface area contributed by atoms with Crippen LogP contribution in [0.3, 0.4) is 0 Å². The average molecular weight is 299 g/mol. The summed E-state index contributed by atoms with van der Waals surface area (Å²) in [5, 5.41) is 2.99. The van der Waals surface area contributed by atoms with Gasteiger partial charge in [0.1, 0.15) is 5.82 Å². The van der Waals surface area contributed by atoms with E-state index in [0.717, 1.165) is 30.0 Å². The fraction of sp³-hybridized carbons (Fsp3) is 0.444. The van der Waals surface area contributed by atoms with Gasteiger partial charge in [0.05, 0.1) is 0 Å². The number of rotatable bonds is 6. The zero-order valence-corrected chi connectivity index (χ0v) is 13.8. The molecule has 0 saturated carbocycles. The lowest BCUT2D eigenvalue weighted by molar-refractivity contribution is -0.119. The van der Waals surface area contributed by atoms with Crippen molar-refractivity contribution in [1.29, 1.82) is 0 Å². The number of amides is 1. The molecular formula is C18H25N3O. The molecule has 1 heterocycles.